The maximum atomic E-state index is 12.7. The van der Waals surface area contributed by atoms with Gasteiger partial charge in [-0.05, 0) is 17.5 Å². The van der Waals surface area contributed by atoms with Crippen LogP contribution in [0.3, 0.4) is 0 Å². The van der Waals surface area contributed by atoms with Gasteiger partial charge in [0.2, 0.25) is 10.0 Å². The quantitative estimate of drug-likeness (QED) is 0.803. The Morgan fingerprint density at radius 3 is 2.25 bits per heavy atom. The summed E-state index contributed by atoms with van der Waals surface area (Å²) >= 11 is 0. The maximum absolute atomic E-state index is 12.7. The Morgan fingerprint density at radius 2 is 1.75 bits per heavy atom. The van der Waals surface area contributed by atoms with Crippen molar-refractivity contribution in [2.45, 2.75) is 45.1 Å². The number of aliphatic hydroxyl groups excluding tert-OH is 1. The highest BCUT2D eigenvalue weighted by Gasteiger charge is 2.26. The largest absolute Gasteiger partial charge is 0.392 e. The number of rotatable bonds is 8. The Kier molecular flexibility index (Phi) is 6.65. The van der Waals surface area contributed by atoms with Crippen molar-refractivity contribution in [2.75, 3.05) is 13.1 Å². The van der Waals surface area contributed by atoms with Gasteiger partial charge in [-0.2, -0.15) is 4.31 Å². The fourth-order valence-corrected chi connectivity index (χ4v) is 4.00. The van der Waals surface area contributed by atoms with Crippen LogP contribution in [0.15, 0.2) is 29.2 Å². The van der Waals surface area contributed by atoms with Gasteiger partial charge in [-0.3, -0.25) is 0 Å². The molecule has 1 N–H and O–H groups in total. The van der Waals surface area contributed by atoms with Crippen molar-refractivity contribution in [3.05, 3.63) is 29.8 Å². The first kappa shape index (κ1) is 17.1. The van der Waals surface area contributed by atoms with E-state index in [-0.39, 0.29) is 11.5 Å². The van der Waals surface area contributed by atoms with Crippen LogP contribution in [-0.2, 0) is 16.6 Å². The predicted molar refractivity (Wildman–Crippen MR) is 80.9 cm³/mol. The molecule has 5 heteroatoms. The molecule has 1 aromatic carbocycles. The third-order valence-electron chi connectivity index (χ3n) is 3.73. The maximum Gasteiger partial charge on any atom is 0.243 e. The van der Waals surface area contributed by atoms with Crippen molar-refractivity contribution in [3.8, 4) is 0 Å². The van der Waals surface area contributed by atoms with E-state index < -0.39 is 10.0 Å². The number of benzene rings is 1. The zero-order valence-corrected chi connectivity index (χ0v) is 13.4. The van der Waals surface area contributed by atoms with Gasteiger partial charge in [0.25, 0.3) is 0 Å². The van der Waals surface area contributed by atoms with Gasteiger partial charge in [-0.1, -0.05) is 51.8 Å². The number of nitrogens with zero attached hydrogens (tertiary/aromatic N) is 1. The van der Waals surface area contributed by atoms with E-state index in [4.69, 9.17) is 0 Å². The van der Waals surface area contributed by atoms with Crippen LogP contribution in [0.25, 0.3) is 0 Å². The van der Waals surface area contributed by atoms with Crippen molar-refractivity contribution in [2.24, 2.45) is 5.92 Å². The summed E-state index contributed by atoms with van der Waals surface area (Å²) in [5.74, 6) is 0.367. The lowest BCUT2D eigenvalue weighted by atomic mass is 10.0. The minimum atomic E-state index is -3.54. The van der Waals surface area contributed by atoms with E-state index in [2.05, 4.69) is 13.8 Å². The molecule has 0 amide bonds. The summed E-state index contributed by atoms with van der Waals surface area (Å²) in [7, 11) is -3.54. The highest BCUT2D eigenvalue weighted by Crippen LogP contribution is 2.22. The standard InChI is InChI=1S/C15H25NO3S/c1-4-13(5-2)11-16(6-3)20(18,19)15-10-8-7-9-14(15)12-17/h7-10,13,17H,4-6,11-12H2,1-3H3. The Labute approximate surface area is 122 Å². The van der Waals surface area contributed by atoms with Gasteiger partial charge in [-0.25, -0.2) is 8.42 Å². The van der Waals surface area contributed by atoms with E-state index in [9.17, 15) is 13.5 Å². The second-order valence-electron chi connectivity index (χ2n) is 4.90. The predicted octanol–water partition coefficient (Wildman–Crippen LogP) is 2.63. The van der Waals surface area contributed by atoms with Crippen LogP contribution in [0.5, 0.6) is 0 Å². The molecule has 0 fully saturated rings. The summed E-state index contributed by atoms with van der Waals surface area (Å²) in [5.41, 5.74) is 0.454. The molecule has 114 valence electrons. The Bertz CT molecular complexity index is 510. The van der Waals surface area contributed by atoms with Crippen molar-refractivity contribution >= 4 is 10.0 Å². The number of hydrogen-bond donors (Lipinski definition) is 1. The topological polar surface area (TPSA) is 57.6 Å². The molecule has 4 nitrogen and oxygen atoms in total. The molecule has 0 radical (unpaired) electrons. The Morgan fingerprint density at radius 1 is 1.15 bits per heavy atom. The lowest BCUT2D eigenvalue weighted by Crippen LogP contribution is -2.35. The smallest absolute Gasteiger partial charge is 0.243 e. The van der Waals surface area contributed by atoms with Crippen LogP contribution < -0.4 is 0 Å². The summed E-state index contributed by atoms with van der Waals surface area (Å²) in [6, 6.07) is 6.65. The number of sulfonamides is 1. The summed E-state index contributed by atoms with van der Waals surface area (Å²) < 4.78 is 27.0. The first-order chi connectivity index (χ1) is 9.51. The second-order valence-corrected chi connectivity index (χ2v) is 6.81. The molecule has 20 heavy (non-hydrogen) atoms. The van der Waals surface area contributed by atoms with Crippen LogP contribution in [0.4, 0.5) is 0 Å². The molecule has 0 aromatic heterocycles. The van der Waals surface area contributed by atoms with Crippen molar-refractivity contribution < 1.29 is 13.5 Å². The third kappa shape index (κ3) is 3.81. The van der Waals surface area contributed by atoms with Gasteiger partial charge >= 0.3 is 0 Å². The van der Waals surface area contributed by atoms with Crippen molar-refractivity contribution in [3.63, 3.8) is 0 Å². The summed E-state index contributed by atoms with van der Waals surface area (Å²) in [4.78, 5) is 0.218. The lowest BCUT2D eigenvalue weighted by Gasteiger charge is -2.25. The van der Waals surface area contributed by atoms with E-state index in [0.29, 0.717) is 24.6 Å². The lowest BCUT2D eigenvalue weighted by molar-refractivity contribution is 0.277. The van der Waals surface area contributed by atoms with Gasteiger partial charge in [0.1, 0.15) is 0 Å². The molecule has 0 aliphatic heterocycles. The van der Waals surface area contributed by atoms with Crippen LogP contribution >= 0.6 is 0 Å². The minimum absolute atomic E-state index is 0.218. The van der Waals surface area contributed by atoms with Crippen LogP contribution in [0.1, 0.15) is 39.2 Å². The van der Waals surface area contributed by atoms with Crippen LogP contribution in [-0.4, -0.2) is 30.9 Å². The normalized spacial score (nSPS) is 12.3. The molecule has 0 heterocycles. The molecule has 0 atom stereocenters. The van der Waals surface area contributed by atoms with Gasteiger partial charge in [0.15, 0.2) is 0 Å². The monoisotopic (exact) mass is 299 g/mol. The molecule has 1 aromatic rings. The van der Waals surface area contributed by atoms with E-state index in [1.807, 2.05) is 6.92 Å². The summed E-state index contributed by atoms with van der Waals surface area (Å²) in [6.07, 6.45) is 1.92. The van der Waals surface area contributed by atoms with Crippen molar-refractivity contribution in [1.29, 1.82) is 0 Å². The summed E-state index contributed by atoms with van der Waals surface area (Å²) in [6.45, 7) is 6.72. The molecule has 0 unspecified atom stereocenters. The molecule has 0 spiro atoms. The van der Waals surface area contributed by atoms with Gasteiger partial charge < -0.3 is 5.11 Å². The highest BCUT2D eigenvalue weighted by atomic mass is 32.2. The first-order valence-corrected chi connectivity index (χ1v) is 8.64. The Hall–Kier alpha value is -0.910. The molecular weight excluding hydrogens is 274 g/mol. The summed E-state index contributed by atoms with van der Waals surface area (Å²) in [5, 5.41) is 9.33. The molecule has 0 saturated heterocycles. The second kappa shape index (κ2) is 7.76. The average Bonchev–Trinajstić information content (AvgIpc) is 2.48. The number of aliphatic hydroxyl groups is 1. The molecule has 0 aliphatic carbocycles. The van der Waals surface area contributed by atoms with E-state index >= 15 is 0 Å². The van der Waals surface area contributed by atoms with Gasteiger partial charge in [0, 0.05) is 13.1 Å². The molecule has 0 bridgehead atoms. The molecular formula is C15H25NO3S. The fraction of sp³-hybridized carbons (Fsp3) is 0.600. The van der Waals surface area contributed by atoms with E-state index in [0.717, 1.165) is 12.8 Å². The van der Waals surface area contributed by atoms with E-state index in [1.54, 1.807) is 24.3 Å². The average molecular weight is 299 g/mol. The first-order valence-electron chi connectivity index (χ1n) is 7.20. The highest BCUT2D eigenvalue weighted by molar-refractivity contribution is 7.89. The SMILES string of the molecule is CCC(CC)CN(CC)S(=O)(=O)c1ccccc1CO. The zero-order chi connectivity index (χ0) is 15.2. The van der Waals surface area contributed by atoms with Crippen LogP contribution in [0, 0.1) is 5.92 Å². The van der Waals surface area contributed by atoms with E-state index in [1.165, 1.54) is 4.31 Å². The number of hydrogen-bond acceptors (Lipinski definition) is 3. The molecule has 0 aliphatic rings. The fourth-order valence-electron chi connectivity index (χ4n) is 2.26. The molecule has 1 rings (SSSR count). The van der Waals surface area contributed by atoms with Gasteiger partial charge in [-0.15, -0.1) is 0 Å². The molecule has 0 saturated carbocycles. The third-order valence-corrected chi connectivity index (χ3v) is 5.77. The van der Waals surface area contributed by atoms with Gasteiger partial charge in [0.05, 0.1) is 11.5 Å². The minimum Gasteiger partial charge on any atom is -0.392 e. The zero-order valence-electron chi connectivity index (χ0n) is 12.5. The van der Waals surface area contributed by atoms with Crippen molar-refractivity contribution in [1.82, 2.24) is 4.31 Å². The Balaban J connectivity index is 3.12. The van der Waals surface area contributed by atoms with Crippen LogP contribution in [0.2, 0.25) is 0 Å².